The van der Waals surface area contributed by atoms with Gasteiger partial charge in [0.25, 0.3) is 0 Å². The van der Waals surface area contributed by atoms with Crippen LogP contribution in [0.25, 0.3) is 11.4 Å². The fourth-order valence-corrected chi connectivity index (χ4v) is 4.23. The number of nitrogens with zero attached hydrogens (tertiary/aromatic N) is 3. The molecule has 1 aromatic heterocycles. The molecule has 0 radical (unpaired) electrons. The van der Waals surface area contributed by atoms with E-state index in [0.29, 0.717) is 18.3 Å². The molecule has 0 aliphatic carbocycles. The van der Waals surface area contributed by atoms with Crippen LogP contribution in [0.4, 0.5) is 0 Å². The molecule has 118 valence electrons. The van der Waals surface area contributed by atoms with Crippen molar-refractivity contribution in [3.63, 3.8) is 0 Å². The van der Waals surface area contributed by atoms with Gasteiger partial charge in [-0.15, -0.1) is 10.2 Å². The zero-order valence-electron chi connectivity index (χ0n) is 12.5. The SMILES string of the molecule is Cn1c(CS(=O)(=O)CC2CCCO2)nnc1-c1ccccc1. The van der Waals surface area contributed by atoms with Crippen LogP contribution in [0.3, 0.4) is 0 Å². The number of hydrogen-bond acceptors (Lipinski definition) is 5. The van der Waals surface area contributed by atoms with E-state index in [-0.39, 0.29) is 17.6 Å². The highest BCUT2D eigenvalue weighted by Gasteiger charge is 2.25. The van der Waals surface area contributed by atoms with E-state index >= 15 is 0 Å². The maximum Gasteiger partial charge on any atom is 0.163 e. The van der Waals surface area contributed by atoms with Crippen LogP contribution in [-0.2, 0) is 27.4 Å². The molecule has 0 N–H and O–H groups in total. The van der Waals surface area contributed by atoms with Crippen molar-refractivity contribution in [3.05, 3.63) is 36.2 Å². The Kier molecular flexibility index (Phi) is 4.26. The van der Waals surface area contributed by atoms with Crippen molar-refractivity contribution >= 4 is 9.84 Å². The molecule has 3 rings (SSSR count). The van der Waals surface area contributed by atoms with Gasteiger partial charge in [0.05, 0.1) is 11.9 Å². The van der Waals surface area contributed by atoms with E-state index in [2.05, 4.69) is 10.2 Å². The number of rotatable bonds is 5. The third kappa shape index (κ3) is 3.36. The van der Waals surface area contributed by atoms with Gasteiger partial charge in [-0.1, -0.05) is 30.3 Å². The lowest BCUT2D eigenvalue weighted by molar-refractivity contribution is 0.127. The van der Waals surface area contributed by atoms with Gasteiger partial charge >= 0.3 is 0 Å². The van der Waals surface area contributed by atoms with Gasteiger partial charge in [-0.2, -0.15) is 0 Å². The van der Waals surface area contributed by atoms with Gasteiger partial charge in [0.1, 0.15) is 11.6 Å². The summed E-state index contributed by atoms with van der Waals surface area (Å²) >= 11 is 0. The summed E-state index contributed by atoms with van der Waals surface area (Å²) in [5, 5.41) is 8.16. The second kappa shape index (κ2) is 6.18. The normalized spacial score (nSPS) is 18.7. The zero-order chi connectivity index (χ0) is 15.6. The van der Waals surface area contributed by atoms with Crippen molar-refractivity contribution in [2.24, 2.45) is 7.05 Å². The Morgan fingerprint density at radius 3 is 2.73 bits per heavy atom. The molecule has 6 nitrogen and oxygen atoms in total. The highest BCUT2D eigenvalue weighted by atomic mass is 32.2. The van der Waals surface area contributed by atoms with Crippen LogP contribution in [-0.4, -0.2) is 41.6 Å². The van der Waals surface area contributed by atoms with Crippen molar-refractivity contribution in [1.82, 2.24) is 14.8 Å². The standard InChI is InChI=1S/C15H19N3O3S/c1-18-14(11-22(19,20)10-13-8-5-9-21-13)16-17-15(18)12-6-3-2-4-7-12/h2-4,6-7,13H,5,8-11H2,1H3. The predicted octanol–water partition coefficient (Wildman–Crippen LogP) is 1.58. The molecule has 0 spiro atoms. The molecule has 1 fully saturated rings. The smallest absolute Gasteiger partial charge is 0.163 e. The third-order valence-electron chi connectivity index (χ3n) is 3.81. The van der Waals surface area contributed by atoms with E-state index in [1.807, 2.05) is 30.3 Å². The Morgan fingerprint density at radius 2 is 2.05 bits per heavy atom. The van der Waals surface area contributed by atoms with Crippen LogP contribution in [0.1, 0.15) is 18.7 Å². The van der Waals surface area contributed by atoms with E-state index in [4.69, 9.17) is 4.74 Å². The fraction of sp³-hybridized carbons (Fsp3) is 0.467. The Balaban J connectivity index is 1.77. The summed E-state index contributed by atoms with van der Waals surface area (Å²) in [5.74, 6) is 1.07. The number of sulfone groups is 1. The molecule has 7 heteroatoms. The summed E-state index contributed by atoms with van der Waals surface area (Å²) in [6, 6.07) is 9.60. The van der Waals surface area contributed by atoms with Crippen molar-refractivity contribution in [3.8, 4) is 11.4 Å². The largest absolute Gasteiger partial charge is 0.377 e. The molecule has 1 aliphatic rings. The average Bonchev–Trinajstić information content (AvgIpc) is 3.10. The molecule has 0 saturated carbocycles. The van der Waals surface area contributed by atoms with Gasteiger partial charge in [0.15, 0.2) is 15.7 Å². The minimum Gasteiger partial charge on any atom is -0.377 e. The molecule has 1 unspecified atom stereocenters. The average molecular weight is 321 g/mol. The lowest BCUT2D eigenvalue weighted by Gasteiger charge is -2.10. The number of ether oxygens (including phenoxy) is 1. The maximum atomic E-state index is 12.3. The van der Waals surface area contributed by atoms with Crippen molar-refractivity contribution in [1.29, 1.82) is 0 Å². The maximum absolute atomic E-state index is 12.3. The third-order valence-corrected chi connectivity index (χ3v) is 5.39. The molecule has 22 heavy (non-hydrogen) atoms. The van der Waals surface area contributed by atoms with Gasteiger partial charge in [-0.25, -0.2) is 8.42 Å². The van der Waals surface area contributed by atoms with Crippen LogP contribution < -0.4 is 0 Å². The quantitative estimate of drug-likeness (QED) is 0.836. The Bertz CT molecular complexity index is 735. The topological polar surface area (TPSA) is 74.1 Å². The molecule has 2 heterocycles. The van der Waals surface area contributed by atoms with Gasteiger partial charge in [-0.05, 0) is 12.8 Å². The highest BCUT2D eigenvalue weighted by molar-refractivity contribution is 7.90. The van der Waals surface area contributed by atoms with Crippen LogP contribution >= 0.6 is 0 Å². The van der Waals surface area contributed by atoms with E-state index in [9.17, 15) is 8.42 Å². The Morgan fingerprint density at radius 1 is 1.27 bits per heavy atom. The summed E-state index contributed by atoms with van der Waals surface area (Å²) in [6.45, 7) is 0.655. The molecule has 1 aromatic carbocycles. The first-order valence-corrected chi connectivity index (χ1v) is 9.13. The van der Waals surface area contributed by atoms with E-state index in [0.717, 1.165) is 18.4 Å². The van der Waals surface area contributed by atoms with E-state index in [1.54, 1.807) is 11.6 Å². The highest BCUT2D eigenvalue weighted by Crippen LogP contribution is 2.19. The Hall–Kier alpha value is -1.73. The van der Waals surface area contributed by atoms with Crippen LogP contribution in [0.2, 0.25) is 0 Å². The predicted molar refractivity (Wildman–Crippen MR) is 82.9 cm³/mol. The van der Waals surface area contributed by atoms with Gasteiger partial charge in [0, 0.05) is 19.2 Å². The first-order chi connectivity index (χ1) is 10.6. The molecule has 1 aliphatic heterocycles. The second-order valence-electron chi connectivity index (χ2n) is 5.55. The summed E-state index contributed by atoms with van der Waals surface area (Å²) in [4.78, 5) is 0. The number of benzene rings is 1. The van der Waals surface area contributed by atoms with Crippen molar-refractivity contribution in [2.45, 2.75) is 24.7 Å². The molecule has 0 amide bonds. The van der Waals surface area contributed by atoms with Gasteiger partial charge < -0.3 is 9.30 Å². The summed E-state index contributed by atoms with van der Waals surface area (Å²) in [6.07, 6.45) is 1.57. The first kappa shape index (κ1) is 15.2. The Labute approximate surface area is 130 Å². The summed E-state index contributed by atoms with van der Waals surface area (Å²) in [7, 11) is -1.47. The molecule has 0 bridgehead atoms. The fourth-order valence-electron chi connectivity index (χ4n) is 2.64. The van der Waals surface area contributed by atoms with Crippen molar-refractivity contribution < 1.29 is 13.2 Å². The lowest BCUT2D eigenvalue weighted by atomic mass is 10.2. The van der Waals surface area contributed by atoms with Crippen molar-refractivity contribution in [2.75, 3.05) is 12.4 Å². The molecule has 2 aromatic rings. The van der Waals surface area contributed by atoms with Crippen LogP contribution in [0, 0.1) is 0 Å². The van der Waals surface area contributed by atoms with Crippen LogP contribution in [0.15, 0.2) is 30.3 Å². The lowest BCUT2D eigenvalue weighted by Crippen LogP contribution is -2.22. The second-order valence-corrected chi connectivity index (χ2v) is 7.66. The van der Waals surface area contributed by atoms with Gasteiger partial charge in [-0.3, -0.25) is 0 Å². The first-order valence-electron chi connectivity index (χ1n) is 7.31. The van der Waals surface area contributed by atoms with E-state index in [1.165, 1.54) is 0 Å². The number of hydrogen-bond donors (Lipinski definition) is 0. The molecular formula is C15H19N3O3S. The summed E-state index contributed by atoms with van der Waals surface area (Å²) in [5.41, 5.74) is 0.917. The minimum atomic E-state index is -3.26. The molecular weight excluding hydrogens is 302 g/mol. The molecule has 1 saturated heterocycles. The van der Waals surface area contributed by atoms with Gasteiger partial charge in [0.2, 0.25) is 0 Å². The monoisotopic (exact) mass is 321 g/mol. The zero-order valence-corrected chi connectivity index (χ0v) is 13.3. The summed E-state index contributed by atoms with van der Waals surface area (Å²) < 4.78 is 31.7. The number of aromatic nitrogens is 3. The van der Waals surface area contributed by atoms with Crippen LogP contribution in [0.5, 0.6) is 0 Å². The van der Waals surface area contributed by atoms with E-state index < -0.39 is 9.84 Å². The minimum absolute atomic E-state index is 0.0561. The molecule has 1 atom stereocenters.